The van der Waals surface area contributed by atoms with Gasteiger partial charge in [-0.15, -0.1) is 11.3 Å². The summed E-state index contributed by atoms with van der Waals surface area (Å²) in [6.45, 7) is 3.43. The maximum Gasteiger partial charge on any atom is 0.228 e. The van der Waals surface area contributed by atoms with Crippen molar-refractivity contribution in [2.24, 2.45) is 0 Å². The summed E-state index contributed by atoms with van der Waals surface area (Å²) in [6, 6.07) is 16.8. The lowest BCUT2D eigenvalue weighted by Gasteiger charge is -2.18. The van der Waals surface area contributed by atoms with Crippen molar-refractivity contribution in [2.75, 3.05) is 5.32 Å². The summed E-state index contributed by atoms with van der Waals surface area (Å²) in [6.07, 6.45) is 2.54. The molecule has 7 heteroatoms. The van der Waals surface area contributed by atoms with Crippen LogP contribution in [-0.2, 0) is 16.0 Å². The number of hydrogen-bond donors (Lipinski definition) is 2. The van der Waals surface area contributed by atoms with Crippen molar-refractivity contribution in [1.29, 1.82) is 5.26 Å². The van der Waals surface area contributed by atoms with E-state index in [0.717, 1.165) is 21.6 Å². The molecule has 0 saturated heterocycles. The molecular formula is C23H22N4O2S. The fourth-order valence-corrected chi connectivity index (χ4v) is 3.86. The van der Waals surface area contributed by atoms with Crippen LogP contribution in [0.5, 0.6) is 0 Å². The van der Waals surface area contributed by atoms with Crippen LogP contribution in [0.1, 0.15) is 46.5 Å². The predicted molar refractivity (Wildman–Crippen MR) is 117 cm³/mol. The molecule has 0 radical (unpaired) electrons. The number of nitriles is 1. The molecule has 152 valence electrons. The third kappa shape index (κ3) is 6.00. The normalized spacial score (nSPS) is 11.4. The Kier molecular flexibility index (Phi) is 6.94. The van der Waals surface area contributed by atoms with E-state index in [0.29, 0.717) is 17.1 Å². The highest BCUT2D eigenvalue weighted by molar-refractivity contribution is 7.15. The van der Waals surface area contributed by atoms with Gasteiger partial charge in [0.15, 0.2) is 5.13 Å². The summed E-state index contributed by atoms with van der Waals surface area (Å²) in [5.74, 6) is -0.402. The Morgan fingerprint density at radius 1 is 1.13 bits per heavy atom. The zero-order valence-corrected chi connectivity index (χ0v) is 17.6. The van der Waals surface area contributed by atoms with E-state index in [9.17, 15) is 9.59 Å². The molecular weight excluding hydrogens is 396 g/mol. The average molecular weight is 419 g/mol. The molecule has 1 heterocycles. The molecule has 1 aromatic heterocycles. The minimum absolute atomic E-state index is 0.118. The number of carbonyl (C=O) groups is 2. The fraction of sp³-hybridized carbons (Fsp3) is 0.217. The van der Waals surface area contributed by atoms with Gasteiger partial charge in [0.25, 0.3) is 0 Å². The van der Waals surface area contributed by atoms with Crippen LogP contribution >= 0.6 is 11.3 Å². The number of thiazole rings is 1. The monoisotopic (exact) mass is 418 g/mol. The first-order valence-electron chi connectivity index (χ1n) is 9.50. The fourth-order valence-electron chi connectivity index (χ4n) is 3.00. The van der Waals surface area contributed by atoms with Crippen LogP contribution in [-0.4, -0.2) is 16.8 Å². The van der Waals surface area contributed by atoms with Gasteiger partial charge in [-0.25, -0.2) is 4.98 Å². The topological polar surface area (TPSA) is 94.9 Å². The van der Waals surface area contributed by atoms with Gasteiger partial charge < -0.3 is 10.6 Å². The Morgan fingerprint density at radius 3 is 2.47 bits per heavy atom. The van der Waals surface area contributed by atoms with Gasteiger partial charge in [-0.3, -0.25) is 9.59 Å². The number of hydrogen-bond acceptors (Lipinski definition) is 5. The van der Waals surface area contributed by atoms with Crippen LogP contribution in [0.15, 0.2) is 54.7 Å². The summed E-state index contributed by atoms with van der Waals surface area (Å²) < 4.78 is 0. The molecule has 3 aromatic rings. The number of amides is 2. The molecule has 2 N–H and O–H groups in total. The molecule has 0 fully saturated rings. The molecule has 0 aliphatic rings. The van der Waals surface area contributed by atoms with Crippen LogP contribution in [0, 0.1) is 18.3 Å². The second kappa shape index (κ2) is 9.81. The third-order valence-corrected chi connectivity index (χ3v) is 5.42. The molecule has 30 heavy (non-hydrogen) atoms. The van der Waals surface area contributed by atoms with Crippen molar-refractivity contribution in [3.63, 3.8) is 0 Å². The van der Waals surface area contributed by atoms with E-state index in [-0.39, 0.29) is 18.2 Å². The van der Waals surface area contributed by atoms with Crippen molar-refractivity contribution in [3.05, 3.63) is 81.9 Å². The second-order valence-electron chi connectivity index (χ2n) is 7.03. The van der Waals surface area contributed by atoms with Crippen molar-refractivity contribution in [1.82, 2.24) is 10.3 Å². The molecule has 0 aliphatic heterocycles. The van der Waals surface area contributed by atoms with E-state index in [2.05, 4.69) is 21.7 Å². The Labute approximate surface area is 179 Å². The average Bonchev–Trinajstić information content (AvgIpc) is 3.15. The van der Waals surface area contributed by atoms with Crippen molar-refractivity contribution >= 4 is 28.3 Å². The number of carbonyl (C=O) groups excluding carboxylic acids is 2. The van der Waals surface area contributed by atoms with Crippen molar-refractivity contribution in [2.45, 2.75) is 32.7 Å². The van der Waals surface area contributed by atoms with Crippen LogP contribution in [0.4, 0.5) is 5.13 Å². The Balaban J connectivity index is 1.62. The predicted octanol–water partition coefficient (Wildman–Crippen LogP) is 4.12. The van der Waals surface area contributed by atoms with E-state index in [1.807, 2.05) is 43.3 Å². The third-order valence-electron chi connectivity index (χ3n) is 4.51. The zero-order chi connectivity index (χ0) is 21.5. The molecule has 1 atom stereocenters. The summed E-state index contributed by atoms with van der Waals surface area (Å²) in [7, 11) is 0. The minimum atomic E-state index is -0.402. The first-order valence-corrected chi connectivity index (χ1v) is 10.3. The van der Waals surface area contributed by atoms with E-state index >= 15 is 0 Å². The van der Waals surface area contributed by atoms with E-state index < -0.39 is 6.04 Å². The number of nitrogens with one attached hydrogen (secondary N) is 2. The number of benzene rings is 2. The molecule has 2 aromatic carbocycles. The summed E-state index contributed by atoms with van der Waals surface area (Å²) in [5.41, 5.74) is 3.69. The summed E-state index contributed by atoms with van der Waals surface area (Å²) in [5, 5.41) is 15.1. The van der Waals surface area contributed by atoms with E-state index in [1.54, 1.807) is 18.3 Å². The molecule has 3 rings (SSSR count). The van der Waals surface area contributed by atoms with Gasteiger partial charge >= 0.3 is 0 Å². The second-order valence-corrected chi connectivity index (χ2v) is 8.15. The Hall–Kier alpha value is -3.50. The number of aryl methyl sites for hydroxylation is 1. The van der Waals surface area contributed by atoms with Gasteiger partial charge in [0.2, 0.25) is 11.8 Å². The van der Waals surface area contributed by atoms with E-state index in [1.165, 1.54) is 18.3 Å². The van der Waals surface area contributed by atoms with Gasteiger partial charge in [0, 0.05) is 24.4 Å². The van der Waals surface area contributed by atoms with Crippen LogP contribution < -0.4 is 10.6 Å². The molecule has 0 spiro atoms. The van der Waals surface area contributed by atoms with Gasteiger partial charge in [0.05, 0.1) is 24.1 Å². The summed E-state index contributed by atoms with van der Waals surface area (Å²) >= 11 is 1.41. The van der Waals surface area contributed by atoms with Gasteiger partial charge in [-0.05, 0) is 30.2 Å². The number of aromatic nitrogens is 1. The van der Waals surface area contributed by atoms with Crippen molar-refractivity contribution < 1.29 is 9.59 Å². The van der Waals surface area contributed by atoms with Crippen LogP contribution in [0.2, 0.25) is 0 Å². The molecule has 6 nitrogen and oxygen atoms in total. The van der Waals surface area contributed by atoms with E-state index in [4.69, 9.17) is 5.26 Å². The maximum atomic E-state index is 12.6. The van der Waals surface area contributed by atoms with Gasteiger partial charge in [-0.1, -0.05) is 42.0 Å². The zero-order valence-electron chi connectivity index (χ0n) is 16.8. The van der Waals surface area contributed by atoms with Gasteiger partial charge in [-0.2, -0.15) is 5.26 Å². The largest absolute Gasteiger partial charge is 0.349 e. The lowest BCUT2D eigenvalue weighted by molar-refractivity contribution is -0.120. The van der Waals surface area contributed by atoms with Gasteiger partial charge in [0.1, 0.15) is 0 Å². The number of anilines is 1. The molecule has 0 saturated carbocycles. The first kappa shape index (κ1) is 21.2. The molecule has 2 amide bonds. The highest BCUT2D eigenvalue weighted by atomic mass is 32.1. The lowest BCUT2D eigenvalue weighted by Crippen LogP contribution is -2.29. The molecule has 1 unspecified atom stereocenters. The minimum Gasteiger partial charge on any atom is -0.349 e. The number of nitrogens with zero attached hydrogens (tertiary/aromatic N) is 2. The van der Waals surface area contributed by atoms with Crippen LogP contribution in [0.25, 0.3) is 0 Å². The smallest absolute Gasteiger partial charge is 0.228 e. The summed E-state index contributed by atoms with van der Waals surface area (Å²) in [4.78, 5) is 29.4. The van der Waals surface area contributed by atoms with Crippen LogP contribution in [0.3, 0.4) is 0 Å². The number of rotatable bonds is 7. The standard InChI is InChI=1S/C23H22N4O2S/c1-15-3-9-19(10-4-15)21(26-16(2)28)12-22(29)27-23-25-14-20(30-23)11-17-5-7-18(13-24)8-6-17/h3-10,14,21H,11-12H2,1-2H3,(H,26,28)(H,25,27,29). The highest BCUT2D eigenvalue weighted by Gasteiger charge is 2.18. The van der Waals surface area contributed by atoms with Crippen molar-refractivity contribution in [3.8, 4) is 6.07 Å². The maximum absolute atomic E-state index is 12.6. The quantitative estimate of drug-likeness (QED) is 0.603. The Morgan fingerprint density at radius 2 is 1.83 bits per heavy atom. The molecule has 0 aliphatic carbocycles. The Bertz CT molecular complexity index is 1070. The molecule has 0 bridgehead atoms. The first-order chi connectivity index (χ1) is 14.4. The SMILES string of the molecule is CC(=O)NC(CC(=O)Nc1ncc(Cc2ccc(C#N)cc2)s1)c1ccc(C)cc1. The lowest BCUT2D eigenvalue weighted by atomic mass is 10.0. The highest BCUT2D eigenvalue weighted by Crippen LogP contribution is 2.23.